The van der Waals surface area contributed by atoms with Gasteiger partial charge in [-0.3, -0.25) is 4.79 Å². The van der Waals surface area contributed by atoms with Crippen LogP contribution in [0.15, 0.2) is 6.20 Å². The van der Waals surface area contributed by atoms with Crippen LogP contribution in [-0.4, -0.2) is 16.3 Å². The molecule has 1 heterocycles. The molecule has 0 aliphatic heterocycles. The van der Waals surface area contributed by atoms with Gasteiger partial charge in [0.25, 0.3) is 5.91 Å². The summed E-state index contributed by atoms with van der Waals surface area (Å²) in [4.78, 5) is 11.5. The summed E-state index contributed by atoms with van der Waals surface area (Å²) in [7, 11) is 0. The average molecular weight is 197 g/mol. The molecule has 13 heavy (non-hydrogen) atoms. The van der Waals surface area contributed by atoms with E-state index in [9.17, 15) is 4.79 Å². The molecule has 1 aromatic heterocycles. The molecule has 1 aliphatic carbocycles. The summed E-state index contributed by atoms with van der Waals surface area (Å²) in [6, 6.07) is 0.354. The Bertz CT molecular complexity index is 319. The summed E-state index contributed by atoms with van der Waals surface area (Å²) in [6.45, 7) is 0. The molecule has 1 amide bonds. The molecule has 2 rings (SSSR count). The number of anilines is 1. The number of carbonyl (C=O) groups excluding carboxylic acids is 1. The van der Waals surface area contributed by atoms with Crippen molar-refractivity contribution in [3.8, 4) is 0 Å². The molecule has 1 aromatic rings. The largest absolute Gasteiger partial charge is 0.389 e. The number of hydrogen-bond donors (Lipinski definition) is 2. The van der Waals surface area contributed by atoms with E-state index in [1.165, 1.54) is 12.6 Å². The summed E-state index contributed by atoms with van der Waals surface area (Å²) in [5.74, 6) is -0.0871. The monoisotopic (exact) mass is 197 g/mol. The molecule has 3 N–H and O–H groups in total. The van der Waals surface area contributed by atoms with Crippen LogP contribution in [0.25, 0.3) is 0 Å². The lowest BCUT2D eigenvalue weighted by molar-refractivity contribution is 0.0918. The fraction of sp³-hybridized carbons (Fsp3) is 0.500. The number of amides is 1. The average Bonchev–Trinajstić information content (AvgIpc) is 2.43. The van der Waals surface area contributed by atoms with Crippen molar-refractivity contribution in [3.05, 3.63) is 11.8 Å². The molecule has 0 spiro atoms. The van der Waals surface area contributed by atoms with Crippen LogP contribution < -0.4 is 11.1 Å². The number of rotatable bonds is 2. The Morgan fingerprint density at radius 3 is 2.92 bits per heavy atom. The van der Waals surface area contributed by atoms with Gasteiger partial charge in [-0.05, 0) is 30.8 Å². The first-order valence-corrected chi connectivity index (χ1v) is 5.05. The standard InChI is InChI=1S/C8H11N3OS/c9-7-6(4-10-13-7)8(12)11-5-2-1-3-5/h4-5H,1-3,9H2,(H,11,12). The summed E-state index contributed by atoms with van der Waals surface area (Å²) >= 11 is 1.15. The van der Waals surface area contributed by atoms with Crippen molar-refractivity contribution in [2.24, 2.45) is 0 Å². The number of aromatic nitrogens is 1. The van der Waals surface area contributed by atoms with Gasteiger partial charge in [-0.1, -0.05) is 0 Å². The third-order valence-corrected chi connectivity index (χ3v) is 2.91. The Labute approximate surface area is 80.3 Å². The predicted octanol–water partition coefficient (Wildman–Crippen LogP) is 1.01. The van der Waals surface area contributed by atoms with Crippen LogP contribution in [0, 0.1) is 0 Å². The second kappa shape index (κ2) is 3.33. The summed E-state index contributed by atoms with van der Waals surface area (Å²) in [5, 5.41) is 3.40. The van der Waals surface area contributed by atoms with Crippen LogP contribution in [-0.2, 0) is 0 Å². The second-order valence-electron chi connectivity index (χ2n) is 3.21. The highest BCUT2D eigenvalue weighted by Crippen LogP contribution is 2.20. The second-order valence-corrected chi connectivity index (χ2v) is 4.04. The van der Waals surface area contributed by atoms with Gasteiger partial charge in [0.2, 0.25) is 0 Å². The highest BCUT2D eigenvalue weighted by atomic mass is 32.1. The molecule has 5 heteroatoms. The van der Waals surface area contributed by atoms with E-state index in [4.69, 9.17) is 5.73 Å². The highest BCUT2D eigenvalue weighted by Gasteiger charge is 2.21. The van der Waals surface area contributed by atoms with E-state index < -0.39 is 0 Å². The molecule has 70 valence electrons. The van der Waals surface area contributed by atoms with Gasteiger partial charge in [-0.25, -0.2) is 0 Å². The fourth-order valence-corrected chi connectivity index (χ4v) is 1.75. The van der Waals surface area contributed by atoms with E-state index in [1.807, 2.05) is 0 Å². The molecule has 0 bridgehead atoms. The van der Waals surface area contributed by atoms with Crippen molar-refractivity contribution < 1.29 is 4.79 Å². The van der Waals surface area contributed by atoms with Gasteiger partial charge in [-0.15, -0.1) is 0 Å². The summed E-state index contributed by atoms with van der Waals surface area (Å²) in [6.07, 6.45) is 4.91. The summed E-state index contributed by atoms with van der Waals surface area (Å²) < 4.78 is 3.85. The lowest BCUT2D eigenvalue weighted by atomic mass is 9.93. The van der Waals surface area contributed by atoms with Gasteiger partial charge >= 0.3 is 0 Å². The minimum Gasteiger partial charge on any atom is -0.389 e. The Morgan fingerprint density at radius 2 is 2.46 bits per heavy atom. The van der Waals surface area contributed by atoms with Crippen LogP contribution >= 0.6 is 11.5 Å². The van der Waals surface area contributed by atoms with E-state index in [-0.39, 0.29) is 5.91 Å². The molecule has 0 unspecified atom stereocenters. The smallest absolute Gasteiger partial charge is 0.256 e. The molecule has 1 saturated carbocycles. The van der Waals surface area contributed by atoms with Gasteiger partial charge in [0.05, 0.1) is 11.8 Å². The maximum Gasteiger partial charge on any atom is 0.256 e. The molecular weight excluding hydrogens is 186 g/mol. The third-order valence-electron chi connectivity index (χ3n) is 2.28. The van der Waals surface area contributed by atoms with Crippen molar-refractivity contribution in [3.63, 3.8) is 0 Å². The van der Waals surface area contributed by atoms with E-state index in [1.54, 1.807) is 0 Å². The molecule has 0 aromatic carbocycles. The summed E-state index contributed by atoms with van der Waals surface area (Å²) in [5.41, 5.74) is 6.08. The number of nitrogens with one attached hydrogen (secondary N) is 1. The quantitative estimate of drug-likeness (QED) is 0.743. The Morgan fingerprint density at radius 1 is 1.69 bits per heavy atom. The van der Waals surface area contributed by atoms with Crippen molar-refractivity contribution in [1.82, 2.24) is 9.69 Å². The van der Waals surface area contributed by atoms with Gasteiger partial charge in [0, 0.05) is 6.04 Å². The maximum absolute atomic E-state index is 11.5. The lowest BCUT2D eigenvalue weighted by Crippen LogP contribution is -2.39. The zero-order chi connectivity index (χ0) is 9.26. The van der Waals surface area contributed by atoms with Gasteiger partial charge in [0.1, 0.15) is 5.00 Å². The molecular formula is C8H11N3OS. The minimum absolute atomic E-state index is 0.0871. The zero-order valence-corrected chi connectivity index (χ0v) is 7.93. The van der Waals surface area contributed by atoms with Crippen LogP contribution in [0.5, 0.6) is 0 Å². The Balaban J connectivity index is 2.00. The van der Waals surface area contributed by atoms with Crippen LogP contribution in [0.3, 0.4) is 0 Å². The van der Waals surface area contributed by atoms with Crippen molar-refractivity contribution >= 4 is 22.4 Å². The SMILES string of the molecule is Nc1sncc1C(=O)NC1CCC1. The minimum atomic E-state index is -0.0871. The normalized spacial score (nSPS) is 16.6. The molecule has 4 nitrogen and oxygen atoms in total. The fourth-order valence-electron chi connectivity index (χ4n) is 1.23. The van der Waals surface area contributed by atoms with Gasteiger partial charge in [-0.2, -0.15) is 4.37 Å². The molecule has 1 aliphatic rings. The first-order valence-electron chi connectivity index (χ1n) is 4.28. The number of nitrogens with zero attached hydrogens (tertiary/aromatic N) is 1. The first kappa shape index (κ1) is 8.50. The van der Waals surface area contributed by atoms with E-state index in [0.29, 0.717) is 16.6 Å². The van der Waals surface area contributed by atoms with Crippen LogP contribution in [0.4, 0.5) is 5.00 Å². The number of hydrogen-bond acceptors (Lipinski definition) is 4. The topological polar surface area (TPSA) is 68.0 Å². The van der Waals surface area contributed by atoms with Crippen molar-refractivity contribution in [1.29, 1.82) is 0 Å². The Kier molecular flexibility index (Phi) is 2.18. The maximum atomic E-state index is 11.5. The zero-order valence-electron chi connectivity index (χ0n) is 7.12. The van der Waals surface area contributed by atoms with Crippen molar-refractivity contribution in [2.45, 2.75) is 25.3 Å². The number of nitrogens with two attached hydrogens (primary N) is 1. The van der Waals surface area contributed by atoms with E-state index in [2.05, 4.69) is 9.69 Å². The Hall–Kier alpha value is -1.10. The lowest BCUT2D eigenvalue weighted by Gasteiger charge is -2.26. The third kappa shape index (κ3) is 1.65. The molecule has 0 saturated heterocycles. The number of nitrogen functional groups attached to an aromatic ring is 1. The van der Waals surface area contributed by atoms with E-state index in [0.717, 1.165) is 24.4 Å². The highest BCUT2D eigenvalue weighted by molar-refractivity contribution is 7.10. The molecule has 1 fully saturated rings. The van der Waals surface area contributed by atoms with Crippen LogP contribution in [0.1, 0.15) is 29.6 Å². The van der Waals surface area contributed by atoms with Crippen LogP contribution in [0.2, 0.25) is 0 Å². The molecule has 0 atom stereocenters. The van der Waals surface area contributed by atoms with Crippen molar-refractivity contribution in [2.75, 3.05) is 5.73 Å². The predicted molar refractivity (Wildman–Crippen MR) is 51.6 cm³/mol. The number of carbonyl (C=O) groups is 1. The van der Waals surface area contributed by atoms with Gasteiger partial charge in [0.15, 0.2) is 0 Å². The molecule has 0 radical (unpaired) electrons. The van der Waals surface area contributed by atoms with Gasteiger partial charge < -0.3 is 11.1 Å². The first-order chi connectivity index (χ1) is 6.27. The van der Waals surface area contributed by atoms with E-state index >= 15 is 0 Å².